The number of carboxylic acid groups (broad SMARTS) is 1. The highest BCUT2D eigenvalue weighted by atomic mass is 16.5. The molecule has 2 rings (SSSR count). The van der Waals surface area contributed by atoms with Crippen LogP contribution >= 0.6 is 0 Å². The van der Waals surface area contributed by atoms with Crippen molar-refractivity contribution < 1.29 is 14.6 Å². The fraction of sp³-hybridized carbons (Fsp3) is 0.533. The number of hydrogen-bond acceptors (Lipinski definition) is 2. The Balaban J connectivity index is 2.29. The molecule has 1 N–H and O–H groups in total. The molecule has 3 heteroatoms. The summed E-state index contributed by atoms with van der Waals surface area (Å²) in [5, 5.41) is 9.07. The number of benzene rings is 1. The number of aromatic carboxylic acids is 1. The lowest BCUT2D eigenvalue weighted by Gasteiger charge is -2.27. The van der Waals surface area contributed by atoms with E-state index in [0.717, 1.165) is 30.1 Å². The summed E-state index contributed by atoms with van der Waals surface area (Å²) in [5.41, 5.74) is 1.41. The predicted molar refractivity (Wildman–Crippen MR) is 70.3 cm³/mol. The molecule has 0 aromatic heterocycles. The fourth-order valence-electron chi connectivity index (χ4n) is 2.76. The number of carboxylic acids is 1. The molecule has 1 aromatic rings. The third-order valence-corrected chi connectivity index (χ3v) is 3.93. The van der Waals surface area contributed by atoms with Crippen LogP contribution in [0, 0.1) is 5.92 Å². The summed E-state index contributed by atoms with van der Waals surface area (Å²) >= 11 is 0. The predicted octanol–water partition coefficient (Wildman–Crippen LogP) is 3.69. The largest absolute Gasteiger partial charge is 0.496 e. The molecule has 1 fully saturated rings. The number of ether oxygens (including phenoxy) is 1. The third-order valence-electron chi connectivity index (χ3n) is 3.93. The highest BCUT2D eigenvalue weighted by Gasteiger charge is 2.23. The molecule has 0 bridgehead atoms. The van der Waals surface area contributed by atoms with Crippen molar-refractivity contribution in [3.63, 3.8) is 0 Å². The van der Waals surface area contributed by atoms with Crippen molar-refractivity contribution >= 4 is 5.97 Å². The first-order chi connectivity index (χ1) is 8.61. The van der Waals surface area contributed by atoms with E-state index >= 15 is 0 Å². The summed E-state index contributed by atoms with van der Waals surface area (Å²) in [4.78, 5) is 11.0. The van der Waals surface area contributed by atoms with Gasteiger partial charge in [-0.1, -0.05) is 19.8 Å². The lowest BCUT2D eigenvalue weighted by Crippen LogP contribution is -2.12. The van der Waals surface area contributed by atoms with Gasteiger partial charge in [-0.05, 0) is 48.4 Å². The molecule has 0 saturated heterocycles. The molecule has 0 amide bonds. The molecule has 0 aliphatic heterocycles. The minimum Gasteiger partial charge on any atom is -0.496 e. The van der Waals surface area contributed by atoms with Crippen LogP contribution in [-0.2, 0) is 0 Å². The van der Waals surface area contributed by atoms with Gasteiger partial charge in [-0.15, -0.1) is 0 Å². The van der Waals surface area contributed by atoms with Crippen LogP contribution in [0.1, 0.15) is 54.4 Å². The Hall–Kier alpha value is -1.51. The van der Waals surface area contributed by atoms with Crippen molar-refractivity contribution in [3.05, 3.63) is 29.3 Å². The Bertz CT molecular complexity index is 431. The van der Waals surface area contributed by atoms with Crippen LogP contribution in [0.15, 0.2) is 18.2 Å². The zero-order chi connectivity index (χ0) is 13.1. The molecule has 98 valence electrons. The van der Waals surface area contributed by atoms with E-state index in [1.54, 1.807) is 25.3 Å². The fourth-order valence-corrected chi connectivity index (χ4v) is 2.76. The third kappa shape index (κ3) is 2.66. The highest BCUT2D eigenvalue weighted by Crippen LogP contribution is 2.39. The van der Waals surface area contributed by atoms with E-state index in [0.29, 0.717) is 11.5 Å². The van der Waals surface area contributed by atoms with Crippen molar-refractivity contribution in [1.29, 1.82) is 0 Å². The molecule has 1 aliphatic carbocycles. The van der Waals surface area contributed by atoms with Crippen molar-refractivity contribution in [2.75, 3.05) is 7.11 Å². The number of carbonyl (C=O) groups is 1. The van der Waals surface area contributed by atoms with Gasteiger partial charge in [0.1, 0.15) is 5.75 Å². The smallest absolute Gasteiger partial charge is 0.335 e. The Morgan fingerprint density at radius 3 is 2.50 bits per heavy atom. The molecule has 3 nitrogen and oxygen atoms in total. The minimum atomic E-state index is -0.872. The number of methoxy groups -OCH3 is 1. The average molecular weight is 248 g/mol. The Morgan fingerprint density at radius 1 is 1.28 bits per heavy atom. The van der Waals surface area contributed by atoms with E-state index in [1.807, 2.05) is 0 Å². The van der Waals surface area contributed by atoms with Crippen LogP contribution in [0.2, 0.25) is 0 Å². The maximum Gasteiger partial charge on any atom is 0.335 e. The van der Waals surface area contributed by atoms with Crippen LogP contribution in [0.3, 0.4) is 0 Å². The van der Waals surface area contributed by atoms with Gasteiger partial charge in [-0.2, -0.15) is 0 Å². The zero-order valence-corrected chi connectivity index (χ0v) is 11.0. The quantitative estimate of drug-likeness (QED) is 0.887. The summed E-state index contributed by atoms with van der Waals surface area (Å²) < 4.78 is 5.37. The summed E-state index contributed by atoms with van der Waals surface area (Å²) in [6.45, 7) is 2.28. The maximum atomic E-state index is 11.0. The van der Waals surface area contributed by atoms with Gasteiger partial charge in [-0.25, -0.2) is 4.79 Å². The molecule has 18 heavy (non-hydrogen) atoms. The topological polar surface area (TPSA) is 46.5 Å². The van der Waals surface area contributed by atoms with Crippen molar-refractivity contribution in [2.45, 2.75) is 38.5 Å². The first kappa shape index (κ1) is 12.9. The van der Waals surface area contributed by atoms with E-state index in [2.05, 4.69) is 6.92 Å². The lowest BCUT2D eigenvalue weighted by molar-refractivity contribution is 0.0696. The summed E-state index contributed by atoms with van der Waals surface area (Å²) in [6.07, 6.45) is 4.68. The second-order valence-corrected chi connectivity index (χ2v) is 5.22. The second kappa shape index (κ2) is 5.42. The van der Waals surface area contributed by atoms with Gasteiger partial charge in [0, 0.05) is 0 Å². The van der Waals surface area contributed by atoms with E-state index in [1.165, 1.54) is 12.8 Å². The molecule has 0 heterocycles. The normalized spacial score (nSPS) is 23.7. The van der Waals surface area contributed by atoms with Crippen LogP contribution in [0.5, 0.6) is 5.75 Å². The van der Waals surface area contributed by atoms with E-state index in [9.17, 15) is 4.79 Å². The molecule has 0 unspecified atom stereocenters. The highest BCUT2D eigenvalue weighted by molar-refractivity contribution is 5.88. The van der Waals surface area contributed by atoms with Gasteiger partial charge in [0.05, 0.1) is 12.7 Å². The van der Waals surface area contributed by atoms with Crippen LogP contribution in [0.25, 0.3) is 0 Å². The van der Waals surface area contributed by atoms with Gasteiger partial charge in [0.15, 0.2) is 0 Å². The molecule has 0 spiro atoms. The monoisotopic (exact) mass is 248 g/mol. The Kier molecular flexibility index (Phi) is 3.90. The van der Waals surface area contributed by atoms with Crippen molar-refractivity contribution in [2.24, 2.45) is 5.92 Å². The maximum absolute atomic E-state index is 11.0. The van der Waals surface area contributed by atoms with Crippen LogP contribution < -0.4 is 4.74 Å². The van der Waals surface area contributed by atoms with E-state index in [-0.39, 0.29) is 0 Å². The number of rotatable bonds is 3. The standard InChI is InChI=1S/C15H20O3/c1-10-3-5-11(6-4-10)13-9-12(15(16)17)7-8-14(13)18-2/h7-11H,3-6H2,1-2H3,(H,16,17). The van der Waals surface area contributed by atoms with E-state index < -0.39 is 5.97 Å². The summed E-state index contributed by atoms with van der Waals surface area (Å²) in [6, 6.07) is 5.16. The molecule has 1 aliphatic rings. The molecular formula is C15H20O3. The van der Waals surface area contributed by atoms with Gasteiger partial charge in [0.25, 0.3) is 0 Å². The lowest BCUT2D eigenvalue weighted by atomic mass is 9.79. The molecule has 1 saturated carbocycles. The van der Waals surface area contributed by atoms with Gasteiger partial charge >= 0.3 is 5.97 Å². The van der Waals surface area contributed by atoms with Crippen molar-refractivity contribution in [3.8, 4) is 5.75 Å². The van der Waals surface area contributed by atoms with Crippen LogP contribution in [-0.4, -0.2) is 18.2 Å². The summed E-state index contributed by atoms with van der Waals surface area (Å²) in [7, 11) is 1.64. The first-order valence-corrected chi connectivity index (χ1v) is 6.53. The van der Waals surface area contributed by atoms with Gasteiger partial charge in [-0.3, -0.25) is 0 Å². The molecular weight excluding hydrogens is 228 g/mol. The van der Waals surface area contributed by atoms with Gasteiger partial charge < -0.3 is 9.84 Å². The minimum absolute atomic E-state index is 0.351. The summed E-state index contributed by atoms with van der Waals surface area (Å²) in [5.74, 6) is 1.17. The molecule has 0 atom stereocenters. The van der Waals surface area contributed by atoms with Crippen LogP contribution in [0.4, 0.5) is 0 Å². The Labute approximate surface area is 108 Å². The molecule has 1 aromatic carbocycles. The molecule has 0 radical (unpaired) electrons. The van der Waals surface area contributed by atoms with Crippen molar-refractivity contribution in [1.82, 2.24) is 0 Å². The SMILES string of the molecule is COc1ccc(C(=O)O)cc1C1CCC(C)CC1. The zero-order valence-electron chi connectivity index (χ0n) is 11.0. The first-order valence-electron chi connectivity index (χ1n) is 6.53. The second-order valence-electron chi connectivity index (χ2n) is 5.22. The average Bonchev–Trinajstić information content (AvgIpc) is 2.39. The van der Waals surface area contributed by atoms with Gasteiger partial charge in [0.2, 0.25) is 0 Å². The number of hydrogen-bond donors (Lipinski definition) is 1. The van der Waals surface area contributed by atoms with E-state index in [4.69, 9.17) is 9.84 Å². The Morgan fingerprint density at radius 2 is 1.94 bits per heavy atom.